The lowest BCUT2D eigenvalue weighted by atomic mass is 9.95. The van der Waals surface area contributed by atoms with Crippen LogP contribution in [-0.4, -0.2) is 57.1 Å². The van der Waals surface area contributed by atoms with E-state index >= 15 is 0 Å². The highest BCUT2D eigenvalue weighted by molar-refractivity contribution is 7.92. The minimum absolute atomic E-state index is 0.0983. The van der Waals surface area contributed by atoms with Crippen molar-refractivity contribution in [3.8, 4) is 5.75 Å². The molecule has 2 aromatic carbocycles. The van der Waals surface area contributed by atoms with Crippen molar-refractivity contribution in [2.75, 3.05) is 24.2 Å². The van der Waals surface area contributed by atoms with E-state index in [0.29, 0.717) is 17.9 Å². The summed E-state index contributed by atoms with van der Waals surface area (Å²) in [5.41, 5.74) is 2.79. The molecule has 0 aliphatic heterocycles. The molecular weight excluding hydrogens is 502 g/mol. The summed E-state index contributed by atoms with van der Waals surface area (Å²) in [5, 5.41) is 3.16. The van der Waals surface area contributed by atoms with E-state index in [1.807, 2.05) is 63.2 Å². The van der Waals surface area contributed by atoms with Crippen molar-refractivity contribution < 1.29 is 22.7 Å². The molecule has 0 heterocycles. The maximum atomic E-state index is 14.0. The number of carbonyl (C=O) groups excluding carboxylic acids is 2. The third-order valence-electron chi connectivity index (χ3n) is 7.19. The SMILES string of the molecule is CC[C@@H](C(=O)NC1CCCCC1)N(Cc1cccc(OC)c1)C(=O)CN(c1c(C)cccc1C)S(C)(=O)=O. The number of aryl methyl sites for hydroxylation is 2. The van der Waals surface area contributed by atoms with E-state index in [1.165, 1.54) is 11.3 Å². The summed E-state index contributed by atoms with van der Waals surface area (Å²) in [6, 6.07) is 12.2. The minimum atomic E-state index is -3.79. The molecule has 3 rings (SSSR count). The normalized spacial score (nSPS) is 15.0. The van der Waals surface area contributed by atoms with Gasteiger partial charge in [-0.25, -0.2) is 8.42 Å². The first-order chi connectivity index (χ1) is 18.0. The molecular formula is C29H41N3O5S. The summed E-state index contributed by atoms with van der Waals surface area (Å²) < 4.78 is 32.4. The van der Waals surface area contributed by atoms with Crippen LogP contribution in [-0.2, 0) is 26.2 Å². The van der Waals surface area contributed by atoms with Gasteiger partial charge in [0.2, 0.25) is 21.8 Å². The maximum absolute atomic E-state index is 14.0. The quantitative estimate of drug-likeness (QED) is 0.455. The Bertz CT molecular complexity index is 1200. The van der Waals surface area contributed by atoms with Crippen LogP contribution < -0.4 is 14.4 Å². The first-order valence-corrected chi connectivity index (χ1v) is 15.2. The molecule has 8 nitrogen and oxygen atoms in total. The summed E-state index contributed by atoms with van der Waals surface area (Å²) in [4.78, 5) is 29.0. The first-order valence-electron chi connectivity index (χ1n) is 13.3. The van der Waals surface area contributed by atoms with E-state index in [1.54, 1.807) is 7.11 Å². The Kier molecular flexibility index (Phi) is 10.2. The number of methoxy groups -OCH3 is 1. The zero-order chi connectivity index (χ0) is 27.9. The standard InChI is InChI=1S/C29H41N3O5S/c1-6-26(29(34)30-24-15-8-7-9-16-24)31(19-23-14-11-17-25(18-23)37-4)27(33)20-32(38(5,35)36)28-21(2)12-10-13-22(28)3/h10-14,17-18,24,26H,6-9,15-16,19-20H2,1-5H3,(H,30,34)/t26-/m0/s1. The molecule has 2 amide bonds. The van der Waals surface area contributed by atoms with Crippen LogP contribution in [0, 0.1) is 13.8 Å². The first kappa shape index (κ1) is 29.5. The number of nitrogens with zero attached hydrogens (tertiary/aromatic N) is 2. The number of para-hydroxylation sites is 1. The van der Waals surface area contributed by atoms with Gasteiger partial charge in [0.1, 0.15) is 18.3 Å². The van der Waals surface area contributed by atoms with E-state index in [4.69, 9.17) is 4.74 Å². The molecule has 1 aliphatic carbocycles. The van der Waals surface area contributed by atoms with Crippen molar-refractivity contribution in [1.82, 2.24) is 10.2 Å². The lowest BCUT2D eigenvalue weighted by Gasteiger charge is -2.34. The topological polar surface area (TPSA) is 96.0 Å². The van der Waals surface area contributed by atoms with Crippen LogP contribution in [0.5, 0.6) is 5.75 Å². The summed E-state index contributed by atoms with van der Waals surface area (Å²) >= 11 is 0. The number of anilines is 1. The van der Waals surface area contributed by atoms with Crippen LogP contribution >= 0.6 is 0 Å². The highest BCUT2D eigenvalue weighted by Crippen LogP contribution is 2.27. The zero-order valence-corrected chi connectivity index (χ0v) is 24.0. The Morgan fingerprint density at radius 2 is 1.68 bits per heavy atom. The number of hydrogen-bond acceptors (Lipinski definition) is 5. The van der Waals surface area contributed by atoms with Gasteiger partial charge in [-0.2, -0.15) is 0 Å². The van der Waals surface area contributed by atoms with E-state index in [2.05, 4.69) is 5.32 Å². The Morgan fingerprint density at radius 1 is 1.05 bits per heavy atom. The van der Waals surface area contributed by atoms with Crippen LogP contribution in [0.2, 0.25) is 0 Å². The molecule has 1 saturated carbocycles. The Labute approximate surface area is 227 Å². The van der Waals surface area contributed by atoms with Gasteiger partial charge in [-0.05, 0) is 61.9 Å². The number of nitrogens with one attached hydrogen (secondary N) is 1. The Morgan fingerprint density at radius 3 is 2.26 bits per heavy atom. The monoisotopic (exact) mass is 543 g/mol. The Hall–Kier alpha value is -3.07. The van der Waals surface area contributed by atoms with Gasteiger partial charge in [-0.3, -0.25) is 13.9 Å². The second kappa shape index (κ2) is 13.1. The fourth-order valence-electron chi connectivity index (χ4n) is 5.21. The highest BCUT2D eigenvalue weighted by Gasteiger charge is 2.33. The second-order valence-electron chi connectivity index (χ2n) is 10.2. The average Bonchev–Trinajstić information content (AvgIpc) is 2.88. The molecule has 1 N–H and O–H groups in total. The molecule has 0 saturated heterocycles. The van der Waals surface area contributed by atoms with E-state index < -0.39 is 28.5 Å². The van der Waals surface area contributed by atoms with Gasteiger partial charge in [-0.15, -0.1) is 0 Å². The van der Waals surface area contributed by atoms with Gasteiger partial charge < -0.3 is 15.0 Å². The smallest absolute Gasteiger partial charge is 0.244 e. The molecule has 0 spiro atoms. The molecule has 38 heavy (non-hydrogen) atoms. The largest absolute Gasteiger partial charge is 0.497 e. The molecule has 9 heteroatoms. The van der Waals surface area contributed by atoms with Crippen molar-refractivity contribution in [3.63, 3.8) is 0 Å². The molecule has 1 atom stereocenters. The highest BCUT2D eigenvalue weighted by atomic mass is 32.2. The number of ether oxygens (including phenoxy) is 1. The molecule has 0 radical (unpaired) electrons. The van der Waals surface area contributed by atoms with Crippen molar-refractivity contribution in [1.29, 1.82) is 0 Å². The molecule has 0 aromatic heterocycles. The van der Waals surface area contributed by atoms with Crippen LogP contribution in [0.1, 0.15) is 62.1 Å². The van der Waals surface area contributed by atoms with Crippen LogP contribution in [0.25, 0.3) is 0 Å². The van der Waals surface area contributed by atoms with Crippen LogP contribution in [0.15, 0.2) is 42.5 Å². The lowest BCUT2D eigenvalue weighted by Crippen LogP contribution is -2.54. The fourth-order valence-corrected chi connectivity index (χ4v) is 6.17. The summed E-state index contributed by atoms with van der Waals surface area (Å²) in [6.45, 7) is 5.27. The van der Waals surface area contributed by atoms with E-state index in [0.717, 1.165) is 52.9 Å². The maximum Gasteiger partial charge on any atom is 0.244 e. The van der Waals surface area contributed by atoms with Crippen LogP contribution in [0.4, 0.5) is 5.69 Å². The van der Waals surface area contributed by atoms with Gasteiger partial charge in [0.25, 0.3) is 0 Å². The summed E-state index contributed by atoms with van der Waals surface area (Å²) in [6.07, 6.45) is 6.69. The van der Waals surface area contributed by atoms with Gasteiger partial charge in [0, 0.05) is 12.6 Å². The van der Waals surface area contributed by atoms with E-state index in [9.17, 15) is 18.0 Å². The minimum Gasteiger partial charge on any atom is -0.497 e. The van der Waals surface area contributed by atoms with Crippen molar-refractivity contribution in [2.24, 2.45) is 0 Å². The lowest BCUT2D eigenvalue weighted by molar-refractivity contribution is -0.140. The summed E-state index contributed by atoms with van der Waals surface area (Å²) in [5.74, 6) is 0.00284. The number of rotatable bonds is 11. The second-order valence-corrected chi connectivity index (χ2v) is 12.1. The average molecular weight is 544 g/mol. The van der Waals surface area contributed by atoms with Crippen molar-refractivity contribution in [2.45, 2.75) is 77.9 Å². The number of carbonyl (C=O) groups is 2. The third-order valence-corrected chi connectivity index (χ3v) is 8.30. The molecule has 208 valence electrons. The third kappa shape index (κ3) is 7.49. The zero-order valence-electron chi connectivity index (χ0n) is 23.2. The number of amides is 2. The number of benzene rings is 2. The van der Waals surface area contributed by atoms with Crippen LogP contribution in [0.3, 0.4) is 0 Å². The Balaban J connectivity index is 1.96. The number of hydrogen-bond donors (Lipinski definition) is 1. The van der Waals surface area contributed by atoms with E-state index in [-0.39, 0.29) is 18.5 Å². The predicted octanol–water partition coefficient (Wildman–Crippen LogP) is 4.33. The molecule has 0 bridgehead atoms. The molecule has 0 unspecified atom stereocenters. The van der Waals surface area contributed by atoms with Gasteiger partial charge in [-0.1, -0.05) is 56.5 Å². The molecule has 1 fully saturated rings. The predicted molar refractivity (Wildman–Crippen MR) is 151 cm³/mol. The van der Waals surface area contributed by atoms with Crippen molar-refractivity contribution >= 4 is 27.5 Å². The molecule has 2 aromatic rings. The van der Waals surface area contributed by atoms with Crippen molar-refractivity contribution in [3.05, 3.63) is 59.2 Å². The van der Waals surface area contributed by atoms with Gasteiger partial charge >= 0.3 is 0 Å². The number of sulfonamides is 1. The van der Waals surface area contributed by atoms with Gasteiger partial charge in [0.05, 0.1) is 19.1 Å². The molecule has 1 aliphatic rings. The fraction of sp³-hybridized carbons (Fsp3) is 0.517. The van der Waals surface area contributed by atoms with Gasteiger partial charge in [0.15, 0.2) is 0 Å². The summed E-state index contributed by atoms with van der Waals surface area (Å²) in [7, 11) is -2.21.